The number of hydrogen-bond acceptors (Lipinski definition) is 5. The van der Waals surface area contributed by atoms with Gasteiger partial charge in [-0.1, -0.05) is 18.3 Å². The topological polar surface area (TPSA) is 84.7 Å². The maximum atomic E-state index is 11.3. The van der Waals surface area contributed by atoms with Crippen LogP contribution in [-0.2, 0) is 16.1 Å². The summed E-state index contributed by atoms with van der Waals surface area (Å²) in [6.45, 7) is 0.860. The second kappa shape index (κ2) is 5.98. The zero-order valence-corrected chi connectivity index (χ0v) is 11.8. The molecule has 0 unspecified atom stereocenters. The zero-order chi connectivity index (χ0) is 14.7. The van der Waals surface area contributed by atoms with Crippen LogP contribution in [0.25, 0.3) is 0 Å². The van der Waals surface area contributed by atoms with E-state index in [0.29, 0.717) is 17.9 Å². The Morgan fingerprint density at radius 1 is 1.40 bits per heavy atom. The van der Waals surface area contributed by atoms with Crippen LogP contribution in [0.2, 0.25) is 0 Å². The molecule has 1 aromatic carbocycles. The van der Waals surface area contributed by atoms with Gasteiger partial charge in [0.25, 0.3) is 0 Å². The molecule has 7 heteroatoms. The van der Waals surface area contributed by atoms with E-state index in [9.17, 15) is 9.59 Å². The SMILES string of the molecule is COc1ccc(CN2CC(=O)NC(=O)C2)cc1C(N)=S. The van der Waals surface area contributed by atoms with Crippen molar-refractivity contribution in [2.45, 2.75) is 6.54 Å². The third kappa shape index (κ3) is 3.31. The van der Waals surface area contributed by atoms with Crippen LogP contribution in [0.15, 0.2) is 18.2 Å². The number of ether oxygens (including phenoxy) is 1. The summed E-state index contributed by atoms with van der Waals surface area (Å²) in [6, 6.07) is 5.45. The predicted octanol–water partition coefficient (Wildman–Crippen LogP) is -0.212. The third-order valence-electron chi connectivity index (χ3n) is 2.95. The van der Waals surface area contributed by atoms with Gasteiger partial charge in [-0.3, -0.25) is 19.8 Å². The second-order valence-electron chi connectivity index (χ2n) is 4.52. The van der Waals surface area contributed by atoms with Gasteiger partial charge in [-0.2, -0.15) is 0 Å². The number of hydrogen-bond donors (Lipinski definition) is 2. The van der Waals surface area contributed by atoms with Gasteiger partial charge in [0.15, 0.2) is 0 Å². The van der Waals surface area contributed by atoms with Crippen molar-refractivity contribution in [1.29, 1.82) is 0 Å². The highest BCUT2D eigenvalue weighted by atomic mass is 32.1. The summed E-state index contributed by atoms with van der Waals surface area (Å²) in [6.07, 6.45) is 0. The minimum Gasteiger partial charge on any atom is -0.496 e. The lowest BCUT2D eigenvalue weighted by molar-refractivity contribution is -0.136. The maximum absolute atomic E-state index is 11.3. The number of benzene rings is 1. The number of piperazine rings is 1. The third-order valence-corrected chi connectivity index (χ3v) is 3.17. The number of carbonyl (C=O) groups is 2. The first kappa shape index (κ1) is 14.4. The lowest BCUT2D eigenvalue weighted by Crippen LogP contribution is -2.50. The van der Waals surface area contributed by atoms with E-state index in [4.69, 9.17) is 22.7 Å². The van der Waals surface area contributed by atoms with Gasteiger partial charge in [-0.05, 0) is 17.7 Å². The molecule has 1 saturated heterocycles. The van der Waals surface area contributed by atoms with Crippen molar-refractivity contribution >= 4 is 29.0 Å². The van der Waals surface area contributed by atoms with Crippen LogP contribution in [0.1, 0.15) is 11.1 Å². The number of thiocarbonyl (C=S) groups is 1. The maximum Gasteiger partial charge on any atom is 0.240 e. The lowest BCUT2D eigenvalue weighted by atomic mass is 10.1. The molecule has 20 heavy (non-hydrogen) atoms. The van der Waals surface area contributed by atoms with E-state index < -0.39 is 0 Å². The first-order valence-electron chi connectivity index (χ1n) is 6.01. The Balaban J connectivity index is 2.17. The van der Waals surface area contributed by atoms with Crippen molar-refractivity contribution < 1.29 is 14.3 Å². The highest BCUT2D eigenvalue weighted by Gasteiger charge is 2.22. The van der Waals surface area contributed by atoms with Crippen LogP contribution < -0.4 is 15.8 Å². The van der Waals surface area contributed by atoms with Crippen molar-refractivity contribution in [2.24, 2.45) is 5.73 Å². The van der Waals surface area contributed by atoms with Gasteiger partial charge in [0.1, 0.15) is 10.7 Å². The molecule has 0 aliphatic carbocycles. The molecule has 0 spiro atoms. The van der Waals surface area contributed by atoms with Gasteiger partial charge in [0.05, 0.1) is 25.8 Å². The fourth-order valence-corrected chi connectivity index (χ4v) is 2.27. The molecule has 1 aliphatic heterocycles. The molecule has 0 atom stereocenters. The molecule has 106 valence electrons. The van der Waals surface area contributed by atoms with Crippen molar-refractivity contribution in [3.63, 3.8) is 0 Å². The van der Waals surface area contributed by atoms with E-state index in [2.05, 4.69) is 5.32 Å². The fourth-order valence-electron chi connectivity index (χ4n) is 2.11. The molecule has 1 aliphatic rings. The summed E-state index contributed by atoms with van der Waals surface area (Å²) < 4.78 is 5.19. The average molecular weight is 293 g/mol. The molecule has 2 rings (SSSR count). The van der Waals surface area contributed by atoms with Crippen LogP contribution in [0.5, 0.6) is 5.75 Å². The standard InChI is InChI=1S/C13H15N3O3S/c1-19-10-3-2-8(4-9(10)13(14)20)5-16-6-11(17)15-12(18)7-16/h2-4H,5-7H2,1H3,(H2,14,20)(H,15,17,18). The van der Waals surface area contributed by atoms with Crippen LogP contribution in [0.3, 0.4) is 0 Å². The van der Waals surface area contributed by atoms with E-state index in [1.165, 1.54) is 0 Å². The largest absolute Gasteiger partial charge is 0.496 e. The number of amides is 2. The number of nitrogens with zero attached hydrogens (tertiary/aromatic N) is 1. The number of nitrogens with one attached hydrogen (secondary N) is 1. The first-order valence-corrected chi connectivity index (χ1v) is 6.42. The van der Waals surface area contributed by atoms with Crippen LogP contribution in [-0.4, -0.2) is 41.9 Å². The van der Waals surface area contributed by atoms with E-state index in [1.54, 1.807) is 18.1 Å². The first-order chi connectivity index (χ1) is 9.49. The smallest absolute Gasteiger partial charge is 0.240 e. The Morgan fingerprint density at radius 2 is 2.05 bits per heavy atom. The summed E-state index contributed by atoms with van der Waals surface area (Å²) in [5.74, 6) is 0.0300. The zero-order valence-electron chi connectivity index (χ0n) is 11.0. The Hall–Kier alpha value is -1.99. The molecule has 0 bridgehead atoms. The fraction of sp³-hybridized carbons (Fsp3) is 0.308. The molecule has 0 saturated carbocycles. The van der Waals surface area contributed by atoms with Gasteiger partial charge in [0, 0.05) is 6.54 Å². The number of nitrogens with two attached hydrogens (primary N) is 1. The predicted molar refractivity (Wildman–Crippen MR) is 77.3 cm³/mol. The quantitative estimate of drug-likeness (QED) is 0.590. The lowest BCUT2D eigenvalue weighted by Gasteiger charge is -2.25. The number of rotatable bonds is 4. The Bertz CT molecular complexity index is 558. The van der Waals surface area contributed by atoms with Crippen LogP contribution >= 0.6 is 12.2 Å². The highest BCUT2D eigenvalue weighted by Crippen LogP contribution is 2.20. The molecule has 1 heterocycles. The second-order valence-corrected chi connectivity index (χ2v) is 4.96. The van der Waals surface area contributed by atoms with E-state index >= 15 is 0 Å². The van der Waals surface area contributed by atoms with Crippen molar-refractivity contribution in [2.75, 3.05) is 20.2 Å². The van der Waals surface area contributed by atoms with Gasteiger partial charge in [-0.25, -0.2) is 0 Å². The Morgan fingerprint density at radius 3 is 2.60 bits per heavy atom. The van der Waals surface area contributed by atoms with Gasteiger partial charge < -0.3 is 10.5 Å². The average Bonchev–Trinajstić information content (AvgIpc) is 2.37. The molecule has 0 radical (unpaired) electrons. The van der Waals surface area contributed by atoms with Crippen molar-refractivity contribution in [3.05, 3.63) is 29.3 Å². The van der Waals surface area contributed by atoms with Crippen molar-refractivity contribution in [3.8, 4) is 5.75 Å². The normalized spacial score (nSPS) is 15.8. The van der Waals surface area contributed by atoms with Crippen LogP contribution in [0, 0.1) is 0 Å². The van der Waals surface area contributed by atoms with Gasteiger partial charge in [0.2, 0.25) is 11.8 Å². The monoisotopic (exact) mass is 293 g/mol. The van der Waals surface area contributed by atoms with Gasteiger partial charge in [-0.15, -0.1) is 0 Å². The minimum atomic E-state index is -0.288. The molecule has 2 amide bonds. The van der Waals surface area contributed by atoms with E-state index in [-0.39, 0.29) is 29.9 Å². The molecule has 1 aromatic rings. The van der Waals surface area contributed by atoms with E-state index in [1.807, 2.05) is 12.1 Å². The highest BCUT2D eigenvalue weighted by molar-refractivity contribution is 7.80. The summed E-state index contributed by atoms with van der Waals surface area (Å²) in [7, 11) is 1.55. The Labute approximate surface area is 121 Å². The Kier molecular flexibility index (Phi) is 4.31. The summed E-state index contributed by atoms with van der Waals surface area (Å²) in [5, 5.41) is 2.26. The molecular formula is C13H15N3O3S. The molecular weight excluding hydrogens is 278 g/mol. The minimum absolute atomic E-state index is 0.195. The molecule has 0 aromatic heterocycles. The molecule has 6 nitrogen and oxygen atoms in total. The molecule has 1 fully saturated rings. The molecule has 3 N–H and O–H groups in total. The number of carbonyl (C=O) groups excluding carboxylic acids is 2. The number of methoxy groups -OCH3 is 1. The van der Waals surface area contributed by atoms with Gasteiger partial charge >= 0.3 is 0 Å². The van der Waals surface area contributed by atoms with Crippen LogP contribution in [0.4, 0.5) is 0 Å². The summed E-state index contributed by atoms with van der Waals surface area (Å²) in [4.78, 5) is 24.6. The van der Waals surface area contributed by atoms with Crippen molar-refractivity contribution in [1.82, 2.24) is 10.2 Å². The summed E-state index contributed by atoms with van der Waals surface area (Å²) in [5.41, 5.74) is 7.22. The summed E-state index contributed by atoms with van der Waals surface area (Å²) >= 11 is 4.98. The van der Waals surface area contributed by atoms with E-state index in [0.717, 1.165) is 5.56 Å². The number of imide groups is 1.